The van der Waals surface area contributed by atoms with E-state index in [1.807, 2.05) is 0 Å². The molecule has 3 aliphatic carbocycles. The van der Waals surface area contributed by atoms with Crippen LogP contribution in [0.15, 0.2) is 6.20 Å². The average Bonchev–Trinajstić information content (AvgIpc) is 2.90. The highest BCUT2D eigenvalue weighted by atomic mass is 15.3. The molecule has 4 unspecified atom stereocenters. The lowest BCUT2D eigenvalue weighted by Gasteiger charge is -2.41. The first-order chi connectivity index (χ1) is 10.3. The van der Waals surface area contributed by atoms with Crippen LogP contribution in [-0.2, 0) is 13.5 Å². The van der Waals surface area contributed by atoms with E-state index in [0.717, 1.165) is 17.9 Å². The third-order valence-electron chi connectivity index (χ3n) is 6.35. The van der Waals surface area contributed by atoms with Crippen LogP contribution in [0.25, 0.3) is 0 Å². The summed E-state index contributed by atoms with van der Waals surface area (Å²) in [7, 11) is 2.09. The first-order valence-electron chi connectivity index (χ1n) is 9.08. The Balaban J connectivity index is 1.42. The number of hydrogen-bond donors (Lipinski definition) is 1. The van der Waals surface area contributed by atoms with Crippen molar-refractivity contribution in [2.75, 3.05) is 0 Å². The van der Waals surface area contributed by atoms with E-state index in [2.05, 4.69) is 28.3 Å². The molecule has 1 aromatic heterocycles. The van der Waals surface area contributed by atoms with Crippen LogP contribution in [0.3, 0.4) is 0 Å². The van der Waals surface area contributed by atoms with E-state index in [1.165, 1.54) is 75.5 Å². The second kappa shape index (κ2) is 5.75. The summed E-state index contributed by atoms with van der Waals surface area (Å²) in [6.45, 7) is 0. The van der Waals surface area contributed by atoms with Gasteiger partial charge in [-0.1, -0.05) is 25.7 Å². The van der Waals surface area contributed by atoms with Crippen molar-refractivity contribution in [2.24, 2.45) is 18.9 Å². The third kappa shape index (κ3) is 2.65. The number of nitrogens with zero attached hydrogens (tertiary/aromatic N) is 2. The zero-order valence-corrected chi connectivity index (χ0v) is 13.4. The minimum absolute atomic E-state index is 0.563. The van der Waals surface area contributed by atoms with E-state index in [9.17, 15) is 0 Å². The van der Waals surface area contributed by atoms with Gasteiger partial charge < -0.3 is 5.32 Å². The topological polar surface area (TPSA) is 29.9 Å². The van der Waals surface area contributed by atoms with Crippen LogP contribution in [0.2, 0.25) is 0 Å². The molecule has 2 saturated carbocycles. The van der Waals surface area contributed by atoms with E-state index in [1.54, 1.807) is 0 Å². The monoisotopic (exact) mass is 287 g/mol. The van der Waals surface area contributed by atoms with E-state index in [-0.39, 0.29) is 0 Å². The molecule has 4 atom stereocenters. The predicted molar refractivity (Wildman–Crippen MR) is 85.1 cm³/mol. The molecule has 3 aliphatic rings. The quantitative estimate of drug-likeness (QED) is 0.898. The van der Waals surface area contributed by atoms with Crippen molar-refractivity contribution < 1.29 is 0 Å². The van der Waals surface area contributed by atoms with Crippen molar-refractivity contribution in [3.8, 4) is 0 Å². The standard InChI is InChI=1S/C18H29N3/c1-21-18-8-4-7-17(16(18)12-19-21)20-15-10-9-13-5-2-3-6-14(13)11-15/h12-15,17,20H,2-11H2,1H3. The summed E-state index contributed by atoms with van der Waals surface area (Å²) in [5.41, 5.74) is 2.94. The van der Waals surface area contributed by atoms with Crippen molar-refractivity contribution in [1.82, 2.24) is 15.1 Å². The second-order valence-electron chi connectivity index (χ2n) is 7.60. The number of nitrogens with one attached hydrogen (secondary N) is 1. The van der Waals surface area contributed by atoms with Crippen LogP contribution in [0.4, 0.5) is 0 Å². The van der Waals surface area contributed by atoms with Crippen LogP contribution in [-0.4, -0.2) is 15.8 Å². The molecule has 4 rings (SSSR count). The zero-order valence-electron chi connectivity index (χ0n) is 13.4. The number of aromatic nitrogens is 2. The van der Waals surface area contributed by atoms with Gasteiger partial charge >= 0.3 is 0 Å². The van der Waals surface area contributed by atoms with Gasteiger partial charge in [0.25, 0.3) is 0 Å². The Hall–Kier alpha value is -0.830. The summed E-state index contributed by atoms with van der Waals surface area (Å²) in [5.74, 6) is 2.07. The van der Waals surface area contributed by atoms with Gasteiger partial charge in [0.1, 0.15) is 0 Å². The van der Waals surface area contributed by atoms with E-state index in [4.69, 9.17) is 0 Å². The molecule has 3 nitrogen and oxygen atoms in total. The van der Waals surface area contributed by atoms with Gasteiger partial charge in [-0.05, 0) is 50.4 Å². The van der Waals surface area contributed by atoms with Gasteiger partial charge in [0.05, 0.1) is 6.20 Å². The molecule has 1 aromatic rings. The lowest BCUT2D eigenvalue weighted by atomic mass is 9.69. The number of hydrogen-bond acceptors (Lipinski definition) is 2. The maximum Gasteiger partial charge on any atom is 0.0540 e. The van der Waals surface area contributed by atoms with Crippen molar-refractivity contribution in [3.63, 3.8) is 0 Å². The van der Waals surface area contributed by atoms with E-state index >= 15 is 0 Å². The summed E-state index contributed by atoms with van der Waals surface area (Å²) in [5, 5.41) is 8.49. The Morgan fingerprint density at radius 1 is 1.05 bits per heavy atom. The maximum absolute atomic E-state index is 4.48. The van der Waals surface area contributed by atoms with E-state index < -0.39 is 0 Å². The summed E-state index contributed by atoms with van der Waals surface area (Å²) in [4.78, 5) is 0. The van der Waals surface area contributed by atoms with Crippen molar-refractivity contribution >= 4 is 0 Å². The van der Waals surface area contributed by atoms with Gasteiger partial charge in [-0.2, -0.15) is 5.10 Å². The highest BCUT2D eigenvalue weighted by Crippen LogP contribution is 2.41. The van der Waals surface area contributed by atoms with Crippen LogP contribution in [0.5, 0.6) is 0 Å². The van der Waals surface area contributed by atoms with Gasteiger partial charge in [-0.3, -0.25) is 4.68 Å². The third-order valence-corrected chi connectivity index (χ3v) is 6.35. The van der Waals surface area contributed by atoms with Crippen molar-refractivity contribution in [3.05, 3.63) is 17.5 Å². The fraction of sp³-hybridized carbons (Fsp3) is 0.833. The Bertz CT molecular complexity index is 493. The fourth-order valence-corrected chi connectivity index (χ4v) is 5.19. The van der Waals surface area contributed by atoms with Gasteiger partial charge in [-0.15, -0.1) is 0 Å². The molecular formula is C18H29N3. The Kier molecular flexibility index (Phi) is 3.78. The molecule has 0 aromatic carbocycles. The second-order valence-corrected chi connectivity index (χ2v) is 7.60. The minimum Gasteiger partial charge on any atom is -0.307 e. The molecular weight excluding hydrogens is 258 g/mol. The van der Waals surface area contributed by atoms with Crippen LogP contribution < -0.4 is 5.32 Å². The summed E-state index contributed by atoms with van der Waals surface area (Å²) >= 11 is 0. The molecule has 2 fully saturated rings. The molecule has 0 radical (unpaired) electrons. The predicted octanol–water partition coefficient (Wildman–Crippen LogP) is 3.75. The lowest BCUT2D eigenvalue weighted by Crippen LogP contribution is -2.41. The van der Waals surface area contributed by atoms with Crippen LogP contribution in [0, 0.1) is 11.8 Å². The molecule has 0 spiro atoms. The number of fused-ring (bicyclic) bond motifs is 2. The van der Waals surface area contributed by atoms with Gasteiger partial charge in [0.15, 0.2) is 0 Å². The molecule has 21 heavy (non-hydrogen) atoms. The Morgan fingerprint density at radius 3 is 2.81 bits per heavy atom. The molecule has 0 aliphatic heterocycles. The average molecular weight is 287 g/mol. The first kappa shape index (κ1) is 13.8. The fourth-order valence-electron chi connectivity index (χ4n) is 5.19. The van der Waals surface area contributed by atoms with Crippen LogP contribution >= 0.6 is 0 Å². The SMILES string of the molecule is Cn1ncc2c1CCCC2NC1CCC2CCCCC2C1. The largest absolute Gasteiger partial charge is 0.307 e. The zero-order chi connectivity index (χ0) is 14.2. The first-order valence-corrected chi connectivity index (χ1v) is 9.08. The highest BCUT2D eigenvalue weighted by molar-refractivity contribution is 5.24. The normalized spacial score (nSPS) is 36.0. The van der Waals surface area contributed by atoms with Crippen LogP contribution in [0.1, 0.15) is 75.1 Å². The molecule has 0 saturated heterocycles. The van der Waals surface area contributed by atoms with Gasteiger partial charge in [0, 0.05) is 30.4 Å². The molecule has 0 bridgehead atoms. The molecule has 1 N–H and O–H groups in total. The van der Waals surface area contributed by atoms with E-state index in [0.29, 0.717) is 6.04 Å². The molecule has 0 amide bonds. The van der Waals surface area contributed by atoms with Crippen molar-refractivity contribution in [2.45, 2.75) is 76.3 Å². The molecule has 1 heterocycles. The lowest BCUT2D eigenvalue weighted by molar-refractivity contribution is 0.137. The Labute approximate surface area is 128 Å². The summed E-state index contributed by atoms with van der Waals surface area (Å²) < 4.78 is 2.08. The summed E-state index contributed by atoms with van der Waals surface area (Å²) in [6, 6.07) is 1.31. The van der Waals surface area contributed by atoms with Crippen molar-refractivity contribution in [1.29, 1.82) is 0 Å². The molecule has 3 heteroatoms. The number of aryl methyl sites for hydroxylation is 1. The highest BCUT2D eigenvalue weighted by Gasteiger charge is 2.34. The Morgan fingerprint density at radius 2 is 1.90 bits per heavy atom. The number of rotatable bonds is 2. The minimum atomic E-state index is 0.563. The maximum atomic E-state index is 4.48. The smallest absolute Gasteiger partial charge is 0.0540 e. The summed E-state index contributed by atoms with van der Waals surface area (Å²) in [6.07, 6.45) is 16.2. The van der Waals surface area contributed by atoms with Gasteiger partial charge in [0.2, 0.25) is 0 Å². The molecule has 116 valence electrons. The van der Waals surface area contributed by atoms with Gasteiger partial charge in [-0.25, -0.2) is 0 Å².